The van der Waals surface area contributed by atoms with E-state index in [9.17, 15) is 15.0 Å². The smallest absolute Gasteiger partial charge is 0.178 e. The molecule has 0 saturated heterocycles. The first-order chi connectivity index (χ1) is 14.5. The molecule has 2 aromatic rings. The molecule has 2 aliphatic heterocycles. The van der Waals surface area contributed by atoms with Gasteiger partial charge in [0, 0.05) is 17.2 Å². The first kappa shape index (κ1) is 20.1. The van der Waals surface area contributed by atoms with Crippen LogP contribution in [0.1, 0.15) is 34.3 Å². The van der Waals surface area contributed by atoms with E-state index in [2.05, 4.69) is 0 Å². The summed E-state index contributed by atoms with van der Waals surface area (Å²) in [7, 11) is 3.08. The third kappa shape index (κ3) is 3.25. The van der Waals surface area contributed by atoms with Gasteiger partial charge in [0.2, 0.25) is 0 Å². The van der Waals surface area contributed by atoms with Crippen molar-refractivity contribution in [3.8, 4) is 28.7 Å². The van der Waals surface area contributed by atoms with Gasteiger partial charge in [-0.25, -0.2) is 0 Å². The summed E-state index contributed by atoms with van der Waals surface area (Å²) in [6.07, 6.45) is 1.62. The highest BCUT2D eigenvalue weighted by molar-refractivity contribution is 6.05. The maximum absolute atomic E-state index is 13.5. The lowest BCUT2D eigenvalue weighted by Gasteiger charge is -2.38. The molecule has 0 spiro atoms. The van der Waals surface area contributed by atoms with Gasteiger partial charge in [-0.05, 0) is 31.5 Å². The van der Waals surface area contributed by atoms with Crippen LogP contribution in [0.4, 0.5) is 0 Å². The Morgan fingerprint density at radius 2 is 1.97 bits per heavy atom. The Morgan fingerprint density at radius 1 is 1.23 bits per heavy atom. The van der Waals surface area contributed by atoms with Gasteiger partial charge in [-0.2, -0.15) is 0 Å². The lowest BCUT2D eigenvalue weighted by atomic mass is 9.81. The molecule has 2 unspecified atom stereocenters. The number of phenols is 1. The molecule has 0 radical (unpaired) electrons. The van der Waals surface area contributed by atoms with E-state index < -0.39 is 12.0 Å². The van der Waals surface area contributed by atoms with E-state index in [4.69, 9.17) is 18.9 Å². The number of hydrogen-bond donors (Lipinski definition) is 2. The second-order valence-electron chi connectivity index (χ2n) is 7.41. The number of aromatic hydroxyl groups is 1. The normalized spacial score (nSPS) is 19.7. The van der Waals surface area contributed by atoms with Gasteiger partial charge in [0.25, 0.3) is 0 Å². The van der Waals surface area contributed by atoms with E-state index in [1.165, 1.54) is 13.2 Å². The fourth-order valence-electron chi connectivity index (χ4n) is 3.93. The summed E-state index contributed by atoms with van der Waals surface area (Å²) < 4.78 is 22.8. The summed E-state index contributed by atoms with van der Waals surface area (Å²) in [6, 6.07) is 6.57. The molecule has 158 valence electrons. The summed E-state index contributed by atoms with van der Waals surface area (Å²) in [4.78, 5) is 13.5. The van der Waals surface area contributed by atoms with Gasteiger partial charge in [0.15, 0.2) is 17.3 Å². The number of aliphatic hydroxyl groups is 1. The van der Waals surface area contributed by atoms with Gasteiger partial charge in [0.05, 0.1) is 32.3 Å². The minimum Gasteiger partial charge on any atom is -0.508 e. The standard InChI is InChI=1S/C23H24O7/c1-12(10-24)4-5-13-16(25)7-6-14-22(26)21-15-8-18(27-2)19(28-3)9-17(15)29-11-20(21)30-23(13)14/h4,6-9,20-21,24-25H,5,10-11H2,1-3H3/b12-4+. The number of Topliss-reactive ketones (excluding diaryl/α,β-unsaturated/α-hetero) is 1. The van der Waals surface area contributed by atoms with E-state index in [0.717, 1.165) is 5.57 Å². The number of phenolic OH excluding ortho intramolecular Hbond substituents is 1. The Balaban J connectivity index is 1.78. The molecule has 2 aromatic carbocycles. The fourth-order valence-corrected chi connectivity index (χ4v) is 3.93. The van der Waals surface area contributed by atoms with Crippen molar-refractivity contribution in [2.24, 2.45) is 0 Å². The quantitative estimate of drug-likeness (QED) is 0.729. The van der Waals surface area contributed by atoms with Crippen molar-refractivity contribution >= 4 is 5.78 Å². The zero-order chi connectivity index (χ0) is 21.4. The lowest BCUT2D eigenvalue weighted by Crippen LogP contribution is -2.43. The summed E-state index contributed by atoms with van der Waals surface area (Å²) in [5, 5.41) is 19.6. The van der Waals surface area contributed by atoms with Crippen LogP contribution in [0.5, 0.6) is 28.7 Å². The Morgan fingerprint density at radius 3 is 2.67 bits per heavy atom. The first-order valence-electron chi connectivity index (χ1n) is 9.69. The highest BCUT2D eigenvalue weighted by Crippen LogP contribution is 2.48. The predicted molar refractivity (Wildman–Crippen MR) is 109 cm³/mol. The number of fused-ring (bicyclic) bond motifs is 4. The van der Waals surface area contributed by atoms with Crippen LogP contribution in [0, 0.1) is 0 Å². The molecule has 7 heteroatoms. The molecule has 7 nitrogen and oxygen atoms in total. The third-order valence-electron chi connectivity index (χ3n) is 5.58. The SMILES string of the molecule is COc1cc2c(cc1OC)C1C(=O)c3ccc(O)c(C/C=C(\C)CO)c3OC1CO2. The molecular weight excluding hydrogens is 388 g/mol. The zero-order valence-corrected chi connectivity index (χ0v) is 17.1. The number of ether oxygens (including phenoxy) is 4. The van der Waals surface area contributed by atoms with Gasteiger partial charge in [-0.3, -0.25) is 4.79 Å². The molecule has 0 aliphatic carbocycles. The fraction of sp³-hybridized carbons (Fsp3) is 0.348. The van der Waals surface area contributed by atoms with Crippen LogP contribution in [0.25, 0.3) is 0 Å². The number of allylic oxidation sites excluding steroid dienone is 1. The largest absolute Gasteiger partial charge is 0.508 e. The lowest BCUT2D eigenvalue weighted by molar-refractivity contribution is 0.0553. The minimum atomic E-state index is -0.548. The maximum Gasteiger partial charge on any atom is 0.178 e. The average molecular weight is 412 g/mol. The number of rotatable bonds is 5. The van der Waals surface area contributed by atoms with E-state index in [0.29, 0.717) is 46.1 Å². The number of methoxy groups -OCH3 is 2. The molecule has 2 N–H and O–H groups in total. The number of carbonyl (C=O) groups is 1. The van der Waals surface area contributed by atoms with Crippen molar-refractivity contribution in [2.75, 3.05) is 27.4 Å². The molecular formula is C23H24O7. The van der Waals surface area contributed by atoms with Crippen LogP contribution in [0.3, 0.4) is 0 Å². The van der Waals surface area contributed by atoms with Crippen LogP contribution >= 0.6 is 0 Å². The molecule has 30 heavy (non-hydrogen) atoms. The van der Waals surface area contributed by atoms with Crippen molar-refractivity contribution in [3.63, 3.8) is 0 Å². The Bertz CT molecular complexity index is 1020. The highest BCUT2D eigenvalue weighted by atomic mass is 16.5. The van der Waals surface area contributed by atoms with Crippen LogP contribution in [0.15, 0.2) is 35.9 Å². The Kier molecular flexibility index (Phi) is 5.30. The molecule has 2 atom stereocenters. The summed E-state index contributed by atoms with van der Waals surface area (Å²) in [6.45, 7) is 1.91. The summed E-state index contributed by atoms with van der Waals surface area (Å²) in [5.41, 5.74) is 2.39. The van der Waals surface area contributed by atoms with Gasteiger partial charge in [-0.15, -0.1) is 0 Å². The van der Waals surface area contributed by atoms with Gasteiger partial charge >= 0.3 is 0 Å². The second-order valence-corrected chi connectivity index (χ2v) is 7.41. The third-order valence-corrected chi connectivity index (χ3v) is 5.58. The molecule has 4 rings (SSSR count). The van der Waals surface area contributed by atoms with Crippen molar-refractivity contribution in [1.29, 1.82) is 0 Å². The van der Waals surface area contributed by atoms with Gasteiger partial charge in [-0.1, -0.05) is 11.6 Å². The number of carbonyl (C=O) groups excluding carboxylic acids is 1. The number of aliphatic hydroxyl groups excluding tert-OH is 1. The molecule has 0 bridgehead atoms. The van der Waals surface area contributed by atoms with Gasteiger partial charge < -0.3 is 29.2 Å². The molecule has 2 aliphatic rings. The number of ketones is 1. The highest BCUT2D eigenvalue weighted by Gasteiger charge is 2.44. The number of benzene rings is 2. The van der Waals surface area contributed by atoms with Crippen LogP contribution in [-0.2, 0) is 6.42 Å². The summed E-state index contributed by atoms with van der Waals surface area (Å²) >= 11 is 0. The van der Waals surface area contributed by atoms with Crippen molar-refractivity contribution in [3.05, 3.63) is 52.6 Å². The topological polar surface area (TPSA) is 94.5 Å². The monoisotopic (exact) mass is 412 g/mol. The molecule has 2 heterocycles. The van der Waals surface area contributed by atoms with E-state index in [1.807, 2.05) is 0 Å². The average Bonchev–Trinajstić information content (AvgIpc) is 2.76. The number of hydrogen-bond acceptors (Lipinski definition) is 7. The van der Waals surface area contributed by atoms with E-state index >= 15 is 0 Å². The molecule has 0 saturated carbocycles. The minimum absolute atomic E-state index is 0.0468. The maximum atomic E-state index is 13.5. The van der Waals surface area contributed by atoms with Crippen LogP contribution in [-0.4, -0.2) is 49.5 Å². The van der Waals surface area contributed by atoms with Crippen LogP contribution in [0.2, 0.25) is 0 Å². The van der Waals surface area contributed by atoms with Crippen molar-refractivity contribution in [2.45, 2.75) is 25.4 Å². The van der Waals surface area contributed by atoms with Crippen LogP contribution < -0.4 is 18.9 Å². The zero-order valence-electron chi connectivity index (χ0n) is 17.1. The molecule has 0 fully saturated rings. The summed E-state index contributed by atoms with van der Waals surface area (Å²) in [5.74, 6) is 1.37. The predicted octanol–water partition coefficient (Wildman–Crippen LogP) is 3.01. The second kappa shape index (κ2) is 7.91. The van der Waals surface area contributed by atoms with Crippen molar-refractivity contribution < 1.29 is 34.0 Å². The first-order valence-corrected chi connectivity index (χ1v) is 9.69. The van der Waals surface area contributed by atoms with Gasteiger partial charge in [0.1, 0.15) is 30.0 Å². The van der Waals surface area contributed by atoms with E-state index in [-0.39, 0.29) is 24.7 Å². The Hall–Kier alpha value is -3.19. The van der Waals surface area contributed by atoms with Crippen molar-refractivity contribution in [1.82, 2.24) is 0 Å². The Labute approximate surface area is 174 Å². The molecule has 0 amide bonds. The van der Waals surface area contributed by atoms with E-state index in [1.54, 1.807) is 38.3 Å². The molecule has 0 aromatic heterocycles.